The molecule has 0 radical (unpaired) electrons. The number of unbranched alkanes of at least 4 members (excludes halogenated alkanes) is 42. The quantitative estimate of drug-likeness (QED) is 0.0222. The van der Waals surface area contributed by atoms with Crippen molar-refractivity contribution in [2.24, 2.45) is 11.8 Å². The molecule has 2 unspecified atom stereocenters. The van der Waals surface area contributed by atoms with Gasteiger partial charge in [0.2, 0.25) is 0 Å². The summed E-state index contributed by atoms with van der Waals surface area (Å²) in [5.41, 5.74) is 0. The number of phosphoric ester groups is 2. The Hall–Kier alpha value is -1.94. The number of hydrogen-bond donors (Lipinski definition) is 3. The van der Waals surface area contributed by atoms with Crippen LogP contribution in [0.4, 0.5) is 0 Å². The van der Waals surface area contributed by atoms with Gasteiger partial charge in [0, 0.05) is 25.7 Å². The number of aliphatic hydroxyl groups is 1. The fourth-order valence-electron chi connectivity index (χ4n) is 11.1. The van der Waals surface area contributed by atoms with Gasteiger partial charge in [0.25, 0.3) is 0 Å². The molecular weight excluding hydrogens is 1210 g/mol. The molecule has 0 heterocycles. The van der Waals surface area contributed by atoms with E-state index in [0.29, 0.717) is 25.7 Å². The van der Waals surface area contributed by atoms with Crippen molar-refractivity contribution < 1.29 is 80.2 Å². The molecule has 546 valence electrons. The largest absolute Gasteiger partial charge is 0.472 e. The highest BCUT2D eigenvalue weighted by Crippen LogP contribution is 2.45. The van der Waals surface area contributed by atoms with Crippen LogP contribution in [0.5, 0.6) is 0 Å². The van der Waals surface area contributed by atoms with E-state index in [9.17, 15) is 43.2 Å². The molecule has 0 aromatic heterocycles. The zero-order valence-corrected chi connectivity index (χ0v) is 61.6. The molecule has 0 saturated heterocycles. The van der Waals surface area contributed by atoms with Crippen LogP contribution in [-0.2, 0) is 65.4 Å². The van der Waals surface area contributed by atoms with Crippen LogP contribution in [0, 0.1) is 11.8 Å². The predicted octanol–water partition coefficient (Wildman–Crippen LogP) is 21.2. The van der Waals surface area contributed by atoms with E-state index in [4.69, 9.17) is 37.0 Å². The molecule has 0 aliphatic carbocycles. The van der Waals surface area contributed by atoms with Gasteiger partial charge >= 0.3 is 39.5 Å². The van der Waals surface area contributed by atoms with E-state index in [0.717, 1.165) is 102 Å². The summed E-state index contributed by atoms with van der Waals surface area (Å²) in [6.45, 7) is 9.52. The second-order valence-electron chi connectivity index (χ2n) is 27.3. The normalized spacial score (nSPS) is 14.1. The molecule has 0 fully saturated rings. The first-order valence-corrected chi connectivity index (χ1v) is 41.0. The van der Waals surface area contributed by atoms with Crippen molar-refractivity contribution >= 4 is 39.5 Å². The van der Waals surface area contributed by atoms with Crippen molar-refractivity contribution in [3.05, 3.63) is 0 Å². The van der Waals surface area contributed by atoms with Crippen molar-refractivity contribution in [2.45, 2.75) is 394 Å². The molecule has 0 bridgehead atoms. The maximum Gasteiger partial charge on any atom is 0.472 e. The third-order valence-electron chi connectivity index (χ3n) is 17.0. The molecule has 17 nitrogen and oxygen atoms in total. The first kappa shape index (κ1) is 90.1. The van der Waals surface area contributed by atoms with Gasteiger partial charge in [-0.15, -0.1) is 0 Å². The summed E-state index contributed by atoms with van der Waals surface area (Å²) >= 11 is 0. The lowest BCUT2D eigenvalue weighted by molar-refractivity contribution is -0.161. The Balaban J connectivity index is 5.24. The van der Waals surface area contributed by atoms with E-state index in [2.05, 4.69) is 41.5 Å². The molecule has 0 aromatic carbocycles. The van der Waals surface area contributed by atoms with Crippen molar-refractivity contribution in [2.75, 3.05) is 39.6 Å². The summed E-state index contributed by atoms with van der Waals surface area (Å²) < 4.78 is 68.4. The van der Waals surface area contributed by atoms with Gasteiger partial charge in [-0.2, -0.15) is 0 Å². The number of rotatable bonds is 72. The van der Waals surface area contributed by atoms with E-state index in [1.54, 1.807) is 0 Å². The van der Waals surface area contributed by atoms with Gasteiger partial charge in [-0.3, -0.25) is 37.3 Å². The zero-order valence-electron chi connectivity index (χ0n) is 59.9. The summed E-state index contributed by atoms with van der Waals surface area (Å²) in [6.07, 6.45) is 51.3. The van der Waals surface area contributed by atoms with Crippen LogP contribution in [-0.4, -0.2) is 96.7 Å². The Kier molecular flexibility index (Phi) is 63.7. The van der Waals surface area contributed by atoms with Crippen LogP contribution < -0.4 is 0 Å². The second kappa shape index (κ2) is 65.0. The highest BCUT2D eigenvalue weighted by atomic mass is 31.2. The third-order valence-corrected chi connectivity index (χ3v) is 18.9. The zero-order chi connectivity index (χ0) is 67.9. The fourth-order valence-corrected chi connectivity index (χ4v) is 12.7. The lowest BCUT2D eigenvalue weighted by Crippen LogP contribution is -2.30. The number of esters is 4. The molecule has 0 aliphatic rings. The highest BCUT2D eigenvalue weighted by Gasteiger charge is 2.30. The van der Waals surface area contributed by atoms with Crippen LogP contribution >= 0.6 is 15.6 Å². The van der Waals surface area contributed by atoms with Gasteiger partial charge in [-0.05, 0) is 37.5 Å². The van der Waals surface area contributed by atoms with E-state index in [1.165, 1.54) is 193 Å². The minimum Gasteiger partial charge on any atom is -0.462 e. The maximum absolute atomic E-state index is 13.1. The Morgan fingerprint density at radius 1 is 0.293 bits per heavy atom. The summed E-state index contributed by atoms with van der Waals surface area (Å²) in [7, 11) is -9.91. The summed E-state index contributed by atoms with van der Waals surface area (Å²) in [4.78, 5) is 72.7. The lowest BCUT2D eigenvalue weighted by atomic mass is 10.0. The lowest BCUT2D eigenvalue weighted by Gasteiger charge is -2.21. The molecule has 19 heteroatoms. The molecule has 0 rings (SSSR count). The average molecular weight is 1350 g/mol. The van der Waals surface area contributed by atoms with E-state index in [-0.39, 0.29) is 25.7 Å². The predicted molar refractivity (Wildman–Crippen MR) is 372 cm³/mol. The Bertz CT molecular complexity index is 1790. The highest BCUT2D eigenvalue weighted by molar-refractivity contribution is 7.47. The number of ether oxygens (including phenoxy) is 4. The van der Waals surface area contributed by atoms with Crippen LogP contribution in [0.1, 0.15) is 375 Å². The first-order chi connectivity index (χ1) is 44.4. The van der Waals surface area contributed by atoms with E-state index in [1.807, 2.05) is 0 Å². The van der Waals surface area contributed by atoms with Crippen molar-refractivity contribution in [3.8, 4) is 0 Å². The SMILES string of the molecule is CCCCCCCCCCCCCCCCCCCC(=O)O[C@H](COC(=O)CCCCCCCCCCCC(C)C)COP(=O)(O)OC[C@@H](O)COP(=O)(O)OC[C@@H](COC(=O)CCCCCCCCCCC(C)C)OC(=O)CCCCCCCCCCCCCC. The standard InChI is InChI=1S/C73H142O17P2/c1-7-9-11-13-15-17-19-21-22-23-24-25-27-31-40-46-52-58-73(78)89-68(61-83-70(75)55-49-43-37-32-28-29-35-41-47-53-65(3)4)63-87-91(79,80)85-59-67(74)60-86-92(81,82)88-64-69(62-84-71(76)56-50-44-38-34-33-36-42-48-54-66(5)6)90-72(77)57-51-45-39-30-26-20-18-16-14-12-10-8-2/h65-69,74H,7-64H2,1-6H3,(H,79,80)(H,81,82)/t67-,68-,69-/m1/s1. The smallest absolute Gasteiger partial charge is 0.462 e. The third kappa shape index (κ3) is 66.7. The van der Waals surface area contributed by atoms with Gasteiger partial charge in [-0.1, -0.05) is 324 Å². The Morgan fingerprint density at radius 3 is 0.739 bits per heavy atom. The molecule has 92 heavy (non-hydrogen) atoms. The first-order valence-electron chi connectivity index (χ1n) is 38.0. The molecule has 0 aromatic rings. The monoisotopic (exact) mass is 1350 g/mol. The van der Waals surface area contributed by atoms with Crippen molar-refractivity contribution in [1.29, 1.82) is 0 Å². The summed E-state index contributed by atoms with van der Waals surface area (Å²) in [5.74, 6) is -0.649. The topological polar surface area (TPSA) is 237 Å². The van der Waals surface area contributed by atoms with Crippen molar-refractivity contribution in [3.63, 3.8) is 0 Å². The molecule has 0 spiro atoms. The molecule has 0 saturated carbocycles. The van der Waals surface area contributed by atoms with E-state index < -0.39 is 97.5 Å². The molecule has 3 N–H and O–H groups in total. The van der Waals surface area contributed by atoms with Crippen LogP contribution in [0.15, 0.2) is 0 Å². The van der Waals surface area contributed by atoms with Crippen molar-refractivity contribution in [1.82, 2.24) is 0 Å². The molecule has 0 amide bonds. The summed E-state index contributed by atoms with van der Waals surface area (Å²) in [6, 6.07) is 0. The average Bonchev–Trinajstić information content (AvgIpc) is 3.29. The second-order valence-corrected chi connectivity index (χ2v) is 30.2. The van der Waals surface area contributed by atoms with Gasteiger partial charge in [0.1, 0.15) is 19.3 Å². The number of hydrogen-bond acceptors (Lipinski definition) is 15. The van der Waals surface area contributed by atoms with Gasteiger partial charge in [-0.25, -0.2) is 9.13 Å². The van der Waals surface area contributed by atoms with Gasteiger partial charge in [0.05, 0.1) is 26.4 Å². The van der Waals surface area contributed by atoms with Gasteiger partial charge < -0.3 is 33.8 Å². The maximum atomic E-state index is 13.1. The minimum atomic E-state index is -4.95. The number of aliphatic hydroxyl groups excluding tert-OH is 1. The van der Waals surface area contributed by atoms with Crippen LogP contribution in [0.25, 0.3) is 0 Å². The van der Waals surface area contributed by atoms with E-state index >= 15 is 0 Å². The number of carbonyl (C=O) groups excluding carboxylic acids is 4. The number of phosphoric acid groups is 2. The Morgan fingerprint density at radius 2 is 0.500 bits per heavy atom. The van der Waals surface area contributed by atoms with Crippen LogP contribution in [0.2, 0.25) is 0 Å². The summed E-state index contributed by atoms with van der Waals surface area (Å²) in [5, 5.41) is 10.6. The molecule has 0 aliphatic heterocycles. The minimum absolute atomic E-state index is 0.107. The Labute approximate surface area is 562 Å². The molecular formula is C73H142O17P2. The number of carbonyl (C=O) groups is 4. The fraction of sp³-hybridized carbons (Fsp3) is 0.945. The van der Waals surface area contributed by atoms with Gasteiger partial charge in [0.15, 0.2) is 12.2 Å². The molecule has 5 atom stereocenters. The van der Waals surface area contributed by atoms with Crippen LogP contribution in [0.3, 0.4) is 0 Å².